The van der Waals surface area contributed by atoms with Crippen LogP contribution in [0.1, 0.15) is 46.0 Å². The maximum atomic E-state index is 12.9. The van der Waals surface area contributed by atoms with Gasteiger partial charge in [0.2, 0.25) is 0 Å². The van der Waals surface area contributed by atoms with E-state index >= 15 is 0 Å². The summed E-state index contributed by atoms with van der Waals surface area (Å²) >= 11 is 0. The van der Waals surface area contributed by atoms with Crippen molar-refractivity contribution in [1.82, 2.24) is 15.1 Å². The lowest BCUT2D eigenvalue weighted by Crippen LogP contribution is -2.38. The van der Waals surface area contributed by atoms with E-state index in [4.69, 9.17) is 9.15 Å². The zero-order valence-electron chi connectivity index (χ0n) is 20.9. The van der Waals surface area contributed by atoms with Gasteiger partial charge in [-0.2, -0.15) is 0 Å². The van der Waals surface area contributed by atoms with Crippen molar-refractivity contribution >= 4 is 11.7 Å². The average molecular weight is 500 g/mol. The van der Waals surface area contributed by atoms with Gasteiger partial charge in [-0.1, -0.05) is 30.3 Å². The average Bonchev–Trinajstić information content (AvgIpc) is 3.46. The molecule has 37 heavy (non-hydrogen) atoms. The van der Waals surface area contributed by atoms with Crippen molar-refractivity contribution in [3.63, 3.8) is 0 Å². The second-order valence-corrected chi connectivity index (χ2v) is 9.47. The number of aromatic hydroxyl groups is 1. The van der Waals surface area contributed by atoms with Gasteiger partial charge in [0.15, 0.2) is 0 Å². The van der Waals surface area contributed by atoms with E-state index < -0.39 is 0 Å². The summed E-state index contributed by atoms with van der Waals surface area (Å²) in [4.78, 5) is 17.5. The summed E-state index contributed by atoms with van der Waals surface area (Å²) in [6, 6.07) is 18.9. The number of piperidine rings is 1. The quantitative estimate of drug-likeness (QED) is 0.434. The fourth-order valence-corrected chi connectivity index (χ4v) is 4.98. The number of amides is 1. The number of nitrogens with one attached hydrogen (secondary N) is 1. The molecular formula is C30H33N3O4. The van der Waals surface area contributed by atoms with Crippen molar-refractivity contribution in [2.24, 2.45) is 0 Å². The third kappa shape index (κ3) is 6.43. The van der Waals surface area contributed by atoms with Crippen molar-refractivity contribution in [3.05, 3.63) is 108 Å². The molecule has 7 heteroatoms. The number of furan rings is 1. The van der Waals surface area contributed by atoms with Crippen LogP contribution in [-0.4, -0.2) is 53.5 Å². The molecular weight excluding hydrogens is 466 g/mol. The number of hydrogen-bond donors (Lipinski definition) is 2. The Morgan fingerprint density at radius 3 is 2.70 bits per heavy atom. The molecule has 192 valence electrons. The minimum absolute atomic E-state index is 0.0157. The predicted octanol–water partition coefficient (Wildman–Crippen LogP) is 4.94. The molecule has 3 aromatic rings. The van der Waals surface area contributed by atoms with E-state index in [0.717, 1.165) is 67.2 Å². The highest BCUT2D eigenvalue weighted by Gasteiger charge is 2.24. The molecule has 1 aromatic heterocycles. The molecule has 0 bridgehead atoms. The summed E-state index contributed by atoms with van der Waals surface area (Å²) in [5, 5.41) is 12.8. The Morgan fingerprint density at radius 2 is 1.89 bits per heavy atom. The van der Waals surface area contributed by atoms with E-state index in [9.17, 15) is 9.90 Å². The molecule has 0 atom stereocenters. The molecule has 2 N–H and O–H groups in total. The van der Waals surface area contributed by atoms with Crippen LogP contribution >= 0.6 is 0 Å². The van der Waals surface area contributed by atoms with E-state index in [0.29, 0.717) is 18.9 Å². The number of nitrogens with zero attached hydrogens (tertiary/aromatic N) is 2. The van der Waals surface area contributed by atoms with E-state index in [1.807, 2.05) is 54.9 Å². The number of rotatable bonds is 9. The monoisotopic (exact) mass is 499 g/mol. The van der Waals surface area contributed by atoms with Gasteiger partial charge in [0.1, 0.15) is 23.5 Å². The summed E-state index contributed by atoms with van der Waals surface area (Å²) in [6.45, 7) is 4.33. The van der Waals surface area contributed by atoms with Gasteiger partial charge >= 0.3 is 0 Å². The van der Waals surface area contributed by atoms with Crippen LogP contribution in [-0.2, 0) is 11.2 Å². The third-order valence-corrected chi connectivity index (χ3v) is 7.01. The zero-order chi connectivity index (χ0) is 25.5. The highest BCUT2D eigenvalue weighted by atomic mass is 16.5. The summed E-state index contributed by atoms with van der Waals surface area (Å²) in [6.07, 6.45) is 9.98. The number of phenols is 1. The molecule has 5 rings (SSSR count). The van der Waals surface area contributed by atoms with Crippen LogP contribution in [0.2, 0.25) is 0 Å². The zero-order valence-corrected chi connectivity index (χ0v) is 20.9. The molecule has 1 saturated heterocycles. The first-order valence-electron chi connectivity index (χ1n) is 12.9. The number of phenolic OH excluding ortho intramolecular Hbond substituents is 1. The van der Waals surface area contributed by atoms with Crippen LogP contribution in [0.15, 0.2) is 90.0 Å². The fraction of sp³-hybridized carbons (Fsp3) is 0.300. The Hall–Kier alpha value is -3.97. The van der Waals surface area contributed by atoms with Gasteiger partial charge in [-0.3, -0.25) is 4.79 Å². The van der Waals surface area contributed by atoms with Gasteiger partial charge in [-0.15, -0.1) is 0 Å². The van der Waals surface area contributed by atoms with Crippen LogP contribution < -0.4 is 5.32 Å². The number of benzene rings is 2. The van der Waals surface area contributed by atoms with Gasteiger partial charge in [0.25, 0.3) is 5.91 Å². The molecule has 1 fully saturated rings. The molecule has 2 aliphatic rings. The van der Waals surface area contributed by atoms with Gasteiger partial charge in [0.05, 0.1) is 6.26 Å². The highest BCUT2D eigenvalue weighted by Crippen LogP contribution is 2.30. The molecule has 0 unspecified atom stereocenters. The van der Waals surface area contributed by atoms with Crippen molar-refractivity contribution in [1.29, 1.82) is 0 Å². The number of likely N-dealkylation sites (tertiary alicyclic amines) is 1. The topological polar surface area (TPSA) is 78.2 Å². The Labute approximate surface area is 217 Å². The Balaban J connectivity index is 1.12. The van der Waals surface area contributed by atoms with Crippen molar-refractivity contribution in [3.8, 4) is 5.75 Å². The smallest absolute Gasteiger partial charge is 0.251 e. The molecule has 2 aliphatic heterocycles. The van der Waals surface area contributed by atoms with Crippen LogP contribution in [0.3, 0.4) is 0 Å². The predicted molar refractivity (Wildman–Crippen MR) is 143 cm³/mol. The van der Waals surface area contributed by atoms with Gasteiger partial charge in [-0.05, 0) is 67.7 Å². The number of carbonyl (C=O) groups excluding carboxylic acids is 1. The molecule has 3 heterocycles. The lowest BCUT2D eigenvalue weighted by molar-refractivity contribution is 0.0951. The first-order valence-corrected chi connectivity index (χ1v) is 12.9. The van der Waals surface area contributed by atoms with Crippen LogP contribution in [0.25, 0.3) is 5.76 Å². The highest BCUT2D eigenvalue weighted by molar-refractivity contribution is 5.95. The van der Waals surface area contributed by atoms with E-state index in [1.54, 1.807) is 24.7 Å². The SMILES string of the molecule is O=C(NCCc1ccco1)c1ccccc1C1CCN(CCN2C=COC(c3cccc(O)c3)=C2)CC1. The lowest BCUT2D eigenvalue weighted by atomic mass is 9.86. The first kappa shape index (κ1) is 24.7. The van der Waals surface area contributed by atoms with Gasteiger partial charge < -0.3 is 29.4 Å². The molecule has 7 nitrogen and oxygen atoms in total. The van der Waals surface area contributed by atoms with Gasteiger partial charge in [0, 0.05) is 49.6 Å². The van der Waals surface area contributed by atoms with Crippen molar-refractivity contribution < 1.29 is 19.1 Å². The molecule has 1 amide bonds. The van der Waals surface area contributed by atoms with E-state index in [1.165, 1.54) is 0 Å². The lowest BCUT2D eigenvalue weighted by Gasteiger charge is -2.34. The molecule has 0 spiro atoms. The largest absolute Gasteiger partial charge is 0.508 e. The second-order valence-electron chi connectivity index (χ2n) is 9.47. The Kier molecular flexibility index (Phi) is 7.91. The summed E-state index contributed by atoms with van der Waals surface area (Å²) in [5.41, 5.74) is 2.77. The number of carbonyl (C=O) groups is 1. The van der Waals surface area contributed by atoms with Crippen LogP contribution in [0.5, 0.6) is 5.75 Å². The molecule has 0 aliphatic carbocycles. The molecule has 0 radical (unpaired) electrons. The maximum Gasteiger partial charge on any atom is 0.251 e. The van der Waals surface area contributed by atoms with Gasteiger partial charge in [-0.25, -0.2) is 0 Å². The summed E-state index contributed by atoms with van der Waals surface area (Å²) in [7, 11) is 0. The number of hydrogen-bond acceptors (Lipinski definition) is 6. The van der Waals surface area contributed by atoms with E-state index in [2.05, 4.69) is 21.2 Å². The number of ether oxygens (including phenoxy) is 1. The minimum Gasteiger partial charge on any atom is -0.508 e. The van der Waals surface area contributed by atoms with Crippen molar-refractivity contribution in [2.75, 3.05) is 32.7 Å². The van der Waals surface area contributed by atoms with Crippen molar-refractivity contribution in [2.45, 2.75) is 25.2 Å². The standard InChI is InChI=1S/C30H33N3O4/c34-25-6-3-5-24(21-25)29-22-33(18-20-37-29)17-16-32-14-11-23(12-15-32)27-8-1-2-9-28(27)30(35)31-13-10-26-7-4-19-36-26/h1-9,18-23,34H,10-17H2,(H,31,35). The Bertz CT molecular complexity index is 1240. The fourth-order valence-electron chi connectivity index (χ4n) is 4.98. The Morgan fingerprint density at radius 1 is 1.03 bits per heavy atom. The summed E-state index contributed by atoms with van der Waals surface area (Å²) in [5.74, 6) is 2.18. The summed E-state index contributed by atoms with van der Waals surface area (Å²) < 4.78 is 11.0. The van der Waals surface area contributed by atoms with Crippen LogP contribution in [0.4, 0.5) is 0 Å². The first-order chi connectivity index (χ1) is 18.2. The molecule has 2 aromatic carbocycles. The molecule has 0 saturated carbocycles. The normalized spacial score (nSPS) is 16.3. The second kappa shape index (κ2) is 11.8. The van der Waals surface area contributed by atoms with Crippen LogP contribution in [0, 0.1) is 0 Å². The maximum absolute atomic E-state index is 12.9. The minimum atomic E-state index is -0.0157. The van der Waals surface area contributed by atoms with E-state index in [-0.39, 0.29) is 11.7 Å². The third-order valence-electron chi connectivity index (χ3n) is 7.01.